The van der Waals surface area contributed by atoms with E-state index >= 15 is 0 Å². The largest absolute Gasteiger partial charge is 0.441 e. The van der Waals surface area contributed by atoms with Crippen molar-refractivity contribution in [2.45, 2.75) is 26.2 Å². The van der Waals surface area contributed by atoms with Crippen LogP contribution in [0, 0.1) is 5.82 Å². The van der Waals surface area contributed by atoms with Crippen molar-refractivity contribution >= 4 is 0 Å². The average molecular weight is 262 g/mol. The molecule has 0 fully saturated rings. The van der Waals surface area contributed by atoms with Crippen molar-refractivity contribution in [2.75, 3.05) is 13.1 Å². The molecule has 1 heterocycles. The van der Waals surface area contributed by atoms with Crippen molar-refractivity contribution in [1.29, 1.82) is 0 Å². The highest BCUT2D eigenvalue weighted by Crippen LogP contribution is 2.20. The molecule has 0 saturated carbocycles. The van der Waals surface area contributed by atoms with Crippen molar-refractivity contribution in [3.05, 3.63) is 42.2 Å². The summed E-state index contributed by atoms with van der Waals surface area (Å²) in [5.74, 6) is 1.18. The van der Waals surface area contributed by atoms with Gasteiger partial charge in [-0.2, -0.15) is 0 Å². The van der Waals surface area contributed by atoms with Gasteiger partial charge in [-0.15, -0.1) is 0 Å². The minimum atomic E-state index is -0.245. The van der Waals surface area contributed by atoms with Crippen LogP contribution in [0.5, 0.6) is 0 Å². The quantitative estimate of drug-likeness (QED) is 0.777. The second-order valence-electron chi connectivity index (χ2n) is 4.48. The Balaban J connectivity index is 1.86. The van der Waals surface area contributed by atoms with Crippen LogP contribution in [-0.4, -0.2) is 18.1 Å². The summed E-state index contributed by atoms with van der Waals surface area (Å²) >= 11 is 0. The van der Waals surface area contributed by atoms with Gasteiger partial charge in [0.05, 0.1) is 6.20 Å². The van der Waals surface area contributed by atoms with E-state index in [-0.39, 0.29) is 5.82 Å². The second-order valence-corrected chi connectivity index (χ2v) is 4.48. The molecule has 3 nitrogen and oxygen atoms in total. The van der Waals surface area contributed by atoms with Crippen LogP contribution >= 0.6 is 0 Å². The van der Waals surface area contributed by atoms with Gasteiger partial charge in [0.1, 0.15) is 5.82 Å². The van der Waals surface area contributed by atoms with Crippen molar-refractivity contribution in [3.63, 3.8) is 0 Å². The molecule has 0 aliphatic heterocycles. The summed E-state index contributed by atoms with van der Waals surface area (Å²) in [5.41, 5.74) is 0.851. The lowest BCUT2D eigenvalue weighted by molar-refractivity contribution is 0.491. The van der Waals surface area contributed by atoms with Crippen molar-refractivity contribution in [1.82, 2.24) is 10.3 Å². The summed E-state index contributed by atoms with van der Waals surface area (Å²) in [6, 6.07) is 6.24. The third kappa shape index (κ3) is 4.17. The third-order valence-corrected chi connectivity index (χ3v) is 2.85. The number of nitrogens with zero attached hydrogens (tertiary/aromatic N) is 1. The van der Waals surface area contributed by atoms with Crippen molar-refractivity contribution in [2.24, 2.45) is 0 Å². The van der Waals surface area contributed by atoms with Gasteiger partial charge in [-0.1, -0.05) is 6.92 Å². The number of halogens is 1. The molecule has 0 aliphatic rings. The molecule has 2 aromatic rings. The summed E-state index contributed by atoms with van der Waals surface area (Å²) in [7, 11) is 0. The van der Waals surface area contributed by atoms with Gasteiger partial charge in [0, 0.05) is 12.0 Å². The molecule has 0 amide bonds. The molecule has 0 unspecified atom stereocenters. The van der Waals surface area contributed by atoms with E-state index in [1.807, 2.05) is 0 Å². The van der Waals surface area contributed by atoms with Gasteiger partial charge in [0.2, 0.25) is 0 Å². The highest BCUT2D eigenvalue weighted by Gasteiger charge is 2.06. The number of aryl methyl sites for hydroxylation is 1. The Morgan fingerprint density at radius 3 is 2.74 bits per heavy atom. The molecular formula is C15H19FN2O. The molecule has 19 heavy (non-hydrogen) atoms. The van der Waals surface area contributed by atoms with Gasteiger partial charge in [0.25, 0.3) is 0 Å². The van der Waals surface area contributed by atoms with Crippen LogP contribution in [0.25, 0.3) is 11.3 Å². The normalized spacial score (nSPS) is 10.8. The van der Waals surface area contributed by atoms with E-state index in [1.165, 1.54) is 12.1 Å². The average Bonchev–Trinajstić information content (AvgIpc) is 2.88. The fourth-order valence-corrected chi connectivity index (χ4v) is 1.84. The summed E-state index contributed by atoms with van der Waals surface area (Å²) in [6.07, 6.45) is 4.66. The molecule has 0 bridgehead atoms. The zero-order valence-corrected chi connectivity index (χ0v) is 11.2. The molecule has 0 aliphatic carbocycles. The molecule has 4 heteroatoms. The minimum absolute atomic E-state index is 0.245. The molecular weight excluding hydrogens is 243 g/mol. The fourth-order valence-electron chi connectivity index (χ4n) is 1.84. The van der Waals surface area contributed by atoms with Crippen LogP contribution in [0.3, 0.4) is 0 Å². The Morgan fingerprint density at radius 2 is 2.00 bits per heavy atom. The van der Waals surface area contributed by atoms with E-state index in [2.05, 4.69) is 17.2 Å². The van der Waals surface area contributed by atoms with E-state index in [9.17, 15) is 4.39 Å². The number of benzene rings is 1. The van der Waals surface area contributed by atoms with E-state index < -0.39 is 0 Å². The second kappa shape index (κ2) is 7.04. The maximum absolute atomic E-state index is 12.8. The topological polar surface area (TPSA) is 38.1 Å². The molecule has 102 valence electrons. The molecule has 0 spiro atoms. The smallest absolute Gasteiger partial charge is 0.194 e. The number of rotatable bonds is 7. The molecule has 1 N–H and O–H groups in total. The predicted molar refractivity (Wildman–Crippen MR) is 73.4 cm³/mol. The summed E-state index contributed by atoms with van der Waals surface area (Å²) in [5, 5.41) is 3.34. The molecule has 1 aromatic heterocycles. The van der Waals surface area contributed by atoms with Crippen LogP contribution in [0.4, 0.5) is 4.39 Å². The lowest BCUT2D eigenvalue weighted by Crippen LogP contribution is -2.16. The first kappa shape index (κ1) is 13.7. The highest BCUT2D eigenvalue weighted by molar-refractivity contribution is 5.55. The number of oxazole rings is 1. The van der Waals surface area contributed by atoms with Crippen molar-refractivity contribution in [3.8, 4) is 11.3 Å². The summed E-state index contributed by atoms with van der Waals surface area (Å²) in [6.45, 7) is 4.17. The molecule has 0 radical (unpaired) electrons. The molecule has 1 aromatic carbocycles. The summed E-state index contributed by atoms with van der Waals surface area (Å²) < 4.78 is 18.5. The number of nitrogens with one attached hydrogen (secondary N) is 1. The standard InChI is InChI=1S/C15H19FN2O/c1-2-9-17-10-3-4-15-18-11-14(19-15)12-5-7-13(16)8-6-12/h5-8,11,17H,2-4,9-10H2,1H3. The fraction of sp³-hybridized carbons (Fsp3) is 0.400. The minimum Gasteiger partial charge on any atom is -0.441 e. The Bertz CT molecular complexity index is 493. The first-order chi connectivity index (χ1) is 9.29. The molecule has 2 rings (SSSR count). The Hall–Kier alpha value is -1.68. The van der Waals surface area contributed by atoms with Gasteiger partial charge in [-0.3, -0.25) is 0 Å². The van der Waals surface area contributed by atoms with Crippen LogP contribution in [0.1, 0.15) is 25.7 Å². The lowest BCUT2D eigenvalue weighted by atomic mass is 10.2. The summed E-state index contributed by atoms with van der Waals surface area (Å²) in [4.78, 5) is 4.24. The van der Waals surface area contributed by atoms with Crippen molar-refractivity contribution < 1.29 is 8.81 Å². The first-order valence-electron chi connectivity index (χ1n) is 6.71. The van der Waals surface area contributed by atoms with E-state index in [0.717, 1.165) is 43.8 Å². The van der Waals surface area contributed by atoms with Crippen LogP contribution < -0.4 is 5.32 Å². The van der Waals surface area contributed by atoms with Gasteiger partial charge in [-0.05, 0) is 50.2 Å². The maximum Gasteiger partial charge on any atom is 0.194 e. The highest BCUT2D eigenvalue weighted by atomic mass is 19.1. The number of aromatic nitrogens is 1. The van der Waals surface area contributed by atoms with Crippen LogP contribution in [0.15, 0.2) is 34.9 Å². The third-order valence-electron chi connectivity index (χ3n) is 2.85. The Labute approximate surface area is 112 Å². The Kier molecular flexibility index (Phi) is 5.10. The van der Waals surface area contributed by atoms with Gasteiger partial charge in [0.15, 0.2) is 11.7 Å². The SMILES string of the molecule is CCCNCCCc1ncc(-c2ccc(F)cc2)o1. The zero-order valence-electron chi connectivity index (χ0n) is 11.2. The maximum atomic E-state index is 12.8. The Morgan fingerprint density at radius 1 is 1.21 bits per heavy atom. The first-order valence-corrected chi connectivity index (χ1v) is 6.71. The monoisotopic (exact) mass is 262 g/mol. The molecule has 0 atom stereocenters. The lowest BCUT2D eigenvalue weighted by Gasteiger charge is -2.00. The molecule has 0 saturated heterocycles. The van der Waals surface area contributed by atoms with Gasteiger partial charge in [-0.25, -0.2) is 9.37 Å². The van der Waals surface area contributed by atoms with E-state index in [1.54, 1.807) is 18.3 Å². The number of hydrogen-bond donors (Lipinski definition) is 1. The van der Waals surface area contributed by atoms with E-state index in [4.69, 9.17) is 4.42 Å². The zero-order chi connectivity index (χ0) is 13.5. The van der Waals surface area contributed by atoms with Gasteiger partial charge < -0.3 is 9.73 Å². The van der Waals surface area contributed by atoms with Crippen LogP contribution in [0.2, 0.25) is 0 Å². The van der Waals surface area contributed by atoms with Crippen LogP contribution in [-0.2, 0) is 6.42 Å². The van der Waals surface area contributed by atoms with Gasteiger partial charge >= 0.3 is 0 Å². The predicted octanol–water partition coefficient (Wildman–Crippen LogP) is 3.41. The number of hydrogen-bond acceptors (Lipinski definition) is 3. The van der Waals surface area contributed by atoms with E-state index in [0.29, 0.717) is 5.76 Å².